The summed E-state index contributed by atoms with van der Waals surface area (Å²) in [4.78, 5) is 149. The van der Waals surface area contributed by atoms with Crippen LogP contribution in [0.25, 0.3) is 10.9 Å². The minimum absolute atomic E-state index is 0.00240. The number of carbonyl (C=O) groups excluding carboxylic acids is 9. The molecule has 0 fully saturated rings. The molecular weight excluding hydrogens is 1080 g/mol. The maximum atomic E-state index is 14.7. The maximum Gasteiger partial charge on any atom is 0.326 e. The number of carboxylic acids is 1. The van der Waals surface area contributed by atoms with E-state index in [0.717, 1.165) is 0 Å². The summed E-state index contributed by atoms with van der Waals surface area (Å²) in [5.41, 5.74) is 50.7. The van der Waals surface area contributed by atoms with Crippen molar-refractivity contribution < 1.29 is 53.1 Å². The van der Waals surface area contributed by atoms with Gasteiger partial charge < -0.3 is 104 Å². The number of rotatable bonds is 40. The van der Waals surface area contributed by atoms with Gasteiger partial charge in [-0.2, -0.15) is 11.8 Å². The highest BCUT2D eigenvalue weighted by molar-refractivity contribution is 7.98. The van der Waals surface area contributed by atoms with Crippen LogP contribution >= 0.6 is 11.8 Å². The van der Waals surface area contributed by atoms with Gasteiger partial charge >= 0.3 is 5.97 Å². The number of aliphatic carboxylic acids is 1. The second kappa shape index (κ2) is 37.4. The first-order chi connectivity index (χ1) is 38.5. The number of nitrogens with one attached hydrogen (secondary N) is 9. The number of nitrogens with zero attached hydrogens (tertiary/aromatic N) is 3. The van der Waals surface area contributed by atoms with Crippen LogP contribution in [0.5, 0.6) is 0 Å². The van der Waals surface area contributed by atoms with E-state index in [4.69, 9.17) is 51.6 Å². The number of para-hydroxylation sites is 1. The smallest absolute Gasteiger partial charge is 0.326 e. The fraction of sp³-hybridized carbons (Fsp3) is 0.562. The zero-order chi connectivity index (χ0) is 60.4. The number of unbranched alkanes of at least 4 members (excludes halogenated alkanes) is 1. The summed E-state index contributed by atoms with van der Waals surface area (Å²) >= 11 is 1.41. The Morgan fingerprint density at radius 2 is 0.975 bits per heavy atom. The SMILES string of the molecule is CSCC[C@H](NC(=O)CN)C(=O)N[C@@H](CCCN=C(N)N)C(=O)N[C@@H](CCCN=C(N)N)C(=O)N[C@@H](Cc1c[nH]c2ccccc12)C(=O)N[C@@H](CCCN=C(N)N)C(=O)NCC(=O)N[C@@H](CCCCN)C(=O)N[C@@H](CC(N)=O)C(=O)O. The van der Waals surface area contributed by atoms with Gasteiger partial charge in [0.15, 0.2) is 17.9 Å². The van der Waals surface area contributed by atoms with Gasteiger partial charge in [-0.15, -0.1) is 0 Å². The molecule has 0 aliphatic heterocycles. The predicted molar refractivity (Wildman–Crippen MR) is 305 cm³/mol. The summed E-state index contributed by atoms with van der Waals surface area (Å²) in [6.45, 7) is -0.851. The Hall–Kier alpha value is -8.46. The number of primary amides is 1. The zero-order valence-electron chi connectivity index (χ0n) is 45.3. The Labute approximate surface area is 472 Å². The summed E-state index contributed by atoms with van der Waals surface area (Å²) < 4.78 is 0. The van der Waals surface area contributed by atoms with E-state index < -0.39 is 121 Å². The van der Waals surface area contributed by atoms with Crippen molar-refractivity contribution in [3.63, 3.8) is 0 Å². The lowest BCUT2D eigenvalue weighted by molar-refractivity contribution is -0.143. The van der Waals surface area contributed by atoms with E-state index in [2.05, 4.69) is 62.5 Å². The molecule has 28 N–H and O–H groups in total. The van der Waals surface area contributed by atoms with Crippen LogP contribution in [0.4, 0.5) is 0 Å². The summed E-state index contributed by atoms with van der Waals surface area (Å²) in [5.74, 6) is -9.49. The number of hydrogen-bond acceptors (Lipinski definition) is 16. The number of fused-ring (bicyclic) bond motifs is 1. The fourth-order valence-corrected chi connectivity index (χ4v) is 8.34. The van der Waals surface area contributed by atoms with Crippen molar-refractivity contribution in [2.45, 2.75) is 119 Å². The Morgan fingerprint density at radius 3 is 1.44 bits per heavy atom. The van der Waals surface area contributed by atoms with Crippen LogP contribution in [-0.4, -0.2) is 181 Å². The number of hydrogen-bond donors (Lipinski definition) is 19. The van der Waals surface area contributed by atoms with Gasteiger partial charge in [0.2, 0.25) is 53.2 Å². The molecule has 7 atom stereocenters. The van der Waals surface area contributed by atoms with Gasteiger partial charge in [0.25, 0.3) is 0 Å². The largest absolute Gasteiger partial charge is 0.480 e. The van der Waals surface area contributed by atoms with Crippen LogP contribution in [0.15, 0.2) is 45.4 Å². The van der Waals surface area contributed by atoms with Crippen LogP contribution in [0.3, 0.4) is 0 Å². The average molecular weight is 1160 g/mol. The molecule has 33 heteroatoms. The van der Waals surface area contributed by atoms with E-state index in [-0.39, 0.29) is 102 Å². The minimum Gasteiger partial charge on any atom is -0.480 e. The van der Waals surface area contributed by atoms with Crippen LogP contribution in [-0.2, 0) is 54.4 Å². The molecule has 2 aromatic rings. The fourth-order valence-electron chi connectivity index (χ4n) is 7.86. The molecule has 0 aliphatic rings. The minimum atomic E-state index is -1.70. The van der Waals surface area contributed by atoms with Crippen molar-refractivity contribution in [2.75, 3.05) is 51.3 Å². The molecule has 32 nitrogen and oxygen atoms in total. The van der Waals surface area contributed by atoms with Gasteiger partial charge in [-0.3, -0.25) is 58.1 Å². The van der Waals surface area contributed by atoms with E-state index in [0.29, 0.717) is 35.1 Å². The highest BCUT2D eigenvalue weighted by Gasteiger charge is 2.34. The molecule has 0 saturated heterocycles. The quantitative estimate of drug-likeness (QED) is 0.0168. The lowest BCUT2D eigenvalue weighted by Gasteiger charge is -2.27. The van der Waals surface area contributed by atoms with Crippen LogP contribution in [0.2, 0.25) is 0 Å². The highest BCUT2D eigenvalue weighted by atomic mass is 32.2. The topological polar surface area (TPSA) is 574 Å². The first kappa shape index (κ1) is 68.6. The Morgan fingerprint density at radius 1 is 0.543 bits per heavy atom. The third kappa shape index (κ3) is 27.3. The second-order valence-corrected chi connectivity index (χ2v) is 19.4. The average Bonchev–Trinajstić information content (AvgIpc) is 3.93. The zero-order valence-corrected chi connectivity index (χ0v) is 46.2. The summed E-state index contributed by atoms with van der Waals surface area (Å²) in [6, 6.07) is -2.67. The summed E-state index contributed by atoms with van der Waals surface area (Å²) in [7, 11) is 0. The van der Waals surface area contributed by atoms with Crippen molar-refractivity contribution in [3.05, 3.63) is 36.0 Å². The molecule has 1 heterocycles. The monoisotopic (exact) mass is 1160 g/mol. The molecule has 1 aromatic carbocycles. The van der Waals surface area contributed by atoms with Crippen molar-refractivity contribution in [3.8, 4) is 0 Å². The first-order valence-corrected chi connectivity index (χ1v) is 27.4. The number of aromatic amines is 1. The first-order valence-electron chi connectivity index (χ1n) is 26.0. The molecule has 0 aliphatic carbocycles. The van der Waals surface area contributed by atoms with Crippen molar-refractivity contribution in [1.29, 1.82) is 0 Å². The molecule has 0 radical (unpaired) electrons. The van der Waals surface area contributed by atoms with Crippen LogP contribution in [0.1, 0.15) is 76.2 Å². The third-order valence-corrected chi connectivity index (χ3v) is 12.6. The normalized spacial score (nSPS) is 13.4. The van der Waals surface area contributed by atoms with Crippen LogP contribution < -0.4 is 94.1 Å². The van der Waals surface area contributed by atoms with E-state index in [1.807, 2.05) is 0 Å². The number of thioether (sulfide) groups is 1. The number of amides is 9. The summed E-state index contributed by atoms with van der Waals surface area (Å²) in [6.07, 6.45) is 3.53. The number of benzene rings is 1. The van der Waals surface area contributed by atoms with Gasteiger partial charge in [-0.1, -0.05) is 18.2 Å². The van der Waals surface area contributed by atoms with Gasteiger partial charge in [-0.05, 0) is 94.4 Å². The van der Waals surface area contributed by atoms with E-state index in [1.54, 1.807) is 36.7 Å². The van der Waals surface area contributed by atoms with Gasteiger partial charge in [0.05, 0.1) is 19.5 Å². The van der Waals surface area contributed by atoms with Crippen molar-refractivity contribution in [1.82, 2.24) is 47.5 Å². The number of carbonyl (C=O) groups is 10. The number of nitrogens with two attached hydrogens (primary N) is 9. The molecule has 450 valence electrons. The van der Waals surface area contributed by atoms with E-state index >= 15 is 0 Å². The third-order valence-electron chi connectivity index (χ3n) is 12.0. The molecular formula is C48H81N21O11S. The number of aliphatic imine (C=N–C) groups is 3. The van der Waals surface area contributed by atoms with Gasteiger partial charge in [0, 0.05) is 43.2 Å². The van der Waals surface area contributed by atoms with E-state index in [1.165, 1.54) is 11.8 Å². The Kier molecular flexibility index (Phi) is 31.7. The molecule has 0 spiro atoms. The number of H-pyrrole nitrogens is 1. The van der Waals surface area contributed by atoms with E-state index in [9.17, 15) is 53.1 Å². The maximum absolute atomic E-state index is 14.7. The van der Waals surface area contributed by atoms with Gasteiger partial charge in [-0.25, -0.2) is 4.79 Å². The molecule has 2 rings (SSSR count). The number of carboxylic acid groups (broad SMARTS) is 1. The molecule has 0 unspecified atom stereocenters. The molecule has 9 amide bonds. The van der Waals surface area contributed by atoms with Gasteiger partial charge in [0.1, 0.15) is 42.3 Å². The van der Waals surface area contributed by atoms with Crippen molar-refractivity contribution >= 4 is 99.7 Å². The summed E-state index contributed by atoms with van der Waals surface area (Å²) in [5, 5.41) is 30.6. The lowest BCUT2D eigenvalue weighted by Crippen LogP contribution is -2.59. The number of guanidine groups is 3. The molecule has 1 aromatic heterocycles. The molecule has 0 bridgehead atoms. The standard InChI is InChI=1S/C48H81N21O11S/c1-81-20-15-33(63-37(71)23-50)43(77)67-31(13-7-18-59-47(54)55)41(75)66-32(14-8-19-60-48(56)57)42(76)68-34(21-26-24-61-28-10-3-2-9-27(26)28)44(78)65-29(12-6-17-58-46(52)53)39(73)62-25-38(72)64-30(11-4-5-16-49)40(74)69-35(45(79)80)22-36(51)70/h2-3,9-10,24,29-35,61H,4-8,11-23,25,49-50H2,1H3,(H2,51,70)(H,62,73)(H,63,71)(H,64,72)(H,65,78)(H,66,75)(H,67,77)(H,68,76)(H,69,74)(H,79,80)(H4,52,53,58)(H4,54,55,59)(H4,56,57,60)/t29-,30-,31-,32-,33-,34-,35-/m0/s1. The Balaban J connectivity index is 2.59. The lowest BCUT2D eigenvalue weighted by atomic mass is 10.0. The molecule has 0 saturated carbocycles. The van der Waals surface area contributed by atoms with Crippen molar-refractivity contribution in [2.24, 2.45) is 66.6 Å². The molecule has 81 heavy (non-hydrogen) atoms. The van der Waals surface area contributed by atoms with Crippen LogP contribution in [0, 0.1) is 0 Å². The Bertz CT molecular complexity index is 2520. The highest BCUT2D eigenvalue weighted by Crippen LogP contribution is 2.20. The number of aromatic nitrogens is 1. The predicted octanol–water partition coefficient (Wildman–Crippen LogP) is -6.82. The second-order valence-electron chi connectivity index (χ2n) is 18.5.